The molecule has 1 aliphatic rings. The van der Waals surface area contributed by atoms with Crippen molar-refractivity contribution in [2.45, 2.75) is 0 Å². The van der Waals surface area contributed by atoms with E-state index < -0.39 is 0 Å². The summed E-state index contributed by atoms with van der Waals surface area (Å²) in [4.78, 5) is 29.2. The lowest BCUT2D eigenvalue weighted by molar-refractivity contribution is -0.111. The van der Waals surface area contributed by atoms with E-state index in [1.165, 1.54) is 6.08 Å². The van der Waals surface area contributed by atoms with E-state index >= 15 is 0 Å². The first-order chi connectivity index (χ1) is 13.0. The van der Waals surface area contributed by atoms with Crippen LogP contribution >= 0.6 is 11.6 Å². The Morgan fingerprint density at radius 1 is 1.00 bits per heavy atom. The monoisotopic (exact) mass is 383 g/mol. The molecule has 2 amide bonds. The Bertz CT molecular complexity index is 858. The number of carbonyl (C=O) groups is 2. The zero-order valence-electron chi connectivity index (χ0n) is 15.2. The number of nitrogens with one attached hydrogen (secondary N) is 1. The van der Waals surface area contributed by atoms with Crippen molar-refractivity contribution in [1.82, 2.24) is 9.80 Å². The zero-order valence-corrected chi connectivity index (χ0v) is 15.9. The van der Waals surface area contributed by atoms with E-state index in [-0.39, 0.29) is 11.8 Å². The third-order valence-electron chi connectivity index (χ3n) is 4.53. The fourth-order valence-electron chi connectivity index (χ4n) is 2.91. The lowest BCUT2D eigenvalue weighted by Gasteiger charge is -2.32. The lowest BCUT2D eigenvalue weighted by atomic mass is 10.1. The van der Waals surface area contributed by atoms with Crippen molar-refractivity contribution < 1.29 is 9.59 Å². The summed E-state index contributed by atoms with van der Waals surface area (Å²) in [5.74, 6) is -0.373. The number of likely N-dealkylation sites (N-methyl/N-ethyl adjacent to an activating group) is 1. The second-order valence-corrected chi connectivity index (χ2v) is 6.89. The van der Waals surface area contributed by atoms with Gasteiger partial charge in [0.05, 0.1) is 11.3 Å². The number of hydrogen-bond acceptors (Lipinski definition) is 3. The minimum atomic E-state index is -0.312. The quantitative estimate of drug-likeness (QED) is 0.823. The Labute approximate surface area is 164 Å². The molecule has 0 saturated carbocycles. The largest absolute Gasteiger partial charge is 0.336 e. The predicted octanol–water partition coefficient (Wildman–Crippen LogP) is 3.38. The van der Waals surface area contributed by atoms with E-state index in [4.69, 9.17) is 11.6 Å². The summed E-state index contributed by atoms with van der Waals surface area (Å²) in [6, 6.07) is 14.4. The fourth-order valence-corrected chi connectivity index (χ4v) is 3.11. The molecule has 0 atom stereocenters. The van der Waals surface area contributed by atoms with E-state index in [0.29, 0.717) is 29.4 Å². The number of halogens is 1. The number of rotatable bonds is 4. The Kier molecular flexibility index (Phi) is 6.27. The summed E-state index contributed by atoms with van der Waals surface area (Å²) in [5.41, 5.74) is 1.77. The molecule has 0 bridgehead atoms. The number of benzene rings is 2. The van der Waals surface area contributed by atoms with Gasteiger partial charge in [-0.15, -0.1) is 0 Å². The average molecular weight is 384 g/mol. The summed E-state index contributed by atoms with van der Waals surface area (Å²) in [7, 11) is 2.04. The Morgan fingerprint density at radius 2 is 1.67 bits per heavy atom. The number of piperazine rings is 1. The normalized spacial score (nSPS) is 15.1. The maximum absolute atomic E-state index is 12.9. The lowest BCUT2D eigenvalue weighted by Crippen LogP contribution is -2.47. The van der Waals surface area contributed by atoms with E-state index in [9.17, 15) is 9.59 Å². The van der Waals surface area contributed by atoms with Gasteiger partial charge in [0.2, 0.25) is 5.91 Å². The van der Waals surface area contributed by atoms with Crippen molar-refractivity contribution in [2.24, 2.45) is 0 Å². The van der Waals surface area contributed by atoms with Crippen LogP contribution in [0, 0.1) is 0 Å². The van der Waals surface area contributed by atoms with Gasteiger partial charge in [-0.3, -0.25) is 9.59 Å². The van der Waals surface area contributed by atoms with Crippen molar-refractivity contribution in [2.75, 3.05) is 38.5 Å². The van der Waals surface area contributed by atoms with Crippen molar-refractivity contribution >= 4 is 35.2 Å². The molecule has 0 radical (unpaired) electrons. The van der Waals surface area contributed by atoms with Gasteiger partial charge in [-0.1, -0.05) is 41.9 Å². The van der Waals surface area contributed by atoms with Crippen LogP contribution in [0.1, 0.15) is 15.9 Å². The van der Waals surface area contributed by atoms with Gasteiger partial charge in [-0.25, -0.2) is 0 Å². The summed E-state index contributed by atoms with van der Waals surface area (Å²) in [6.45, 7) is 3.07. The van der Waals surface area contributed by atoms with E-state index in [0.717, 1.165) is 18.7 Å². The van der Waals surface area contributed by atoms with Crippen LogP contribution in [-0.4, -0.2) is 54.8 Å². The van der Waals surface area contributed by atoms with Crippen molar-refractivity contribution in [3.05, 3.63) is 70.8 Å². The van der Waals surface area contributed by atoms with Crippen LogP contribution in [0.5, 0.6) is 0 Å². The number of carbonyl (C=O) groups excluding carboxylic acids is 2. The summed E-state index contributed by atoms with van der Waals surface area (Å²) < 4.78 is 0. The molecule has 2 aromatic rings. The van der Waals surface area contributed by atoms with Gasteiger partial charge in [-0.2, -0.15) is 0 Å². The van der Waals surface area contributed by atoms with Gasteiger partial charge in [-0.05, 0) is 36.9 Å². The van der Waals surface area contributed by atoms with Crippen LogP contribution < -0.4 is 5.32 Å². The number of anilines is 1. The molecular weight excluding hydrogens is 362 g/mol. The van der Waals surface area contributed by atoms with Crippen LogP contribution in [0.15, 0.2) is 54.6 Å². The maximum Gasteiger partial charge on any atom is 0.256 e. The minimum absolute atomic E-state index is 0.0610. The highest BCUT2D eigenvalue weighted by Crippen LogP contribution is 2.19. The van der Waals surface area contributed by atoms with E-state index in [2.05, 4.69) is 10.2 Å². The Morgan fingerprint density at radius 3 is 2.41 bits per heavy atom. The third kappa shape index (κ3) is 4.96. The average Bonchev–Trinajstić information content (AvgIpc) is 2.68. The highest BCUT2D eigenvalue weighted by molar-refractivity contribution is 6.32. The van der Waals surface area contributed by atoms with Crippen LogP contribution in [-0.2, 0) is 4.79 Å². The highest BCUT2D eigenvalue weighted by Gasteiger charge is 2.22. The van der Waals surface area contributed by atoms with Gasteiger partial charge in [0.1, 0.15) is 0 Å². The smallest absolute Gasteiger partial charge is 0.256 e. The highest BCUT2D eigenvalue weighted by atomic mass is 35.5. The standard InChI is InChI=1S/C21H22ClN3O2/c1-24-12-14-25(15-13-24)21(27)17-7-3-5-9-19(17)23-20(26)11-10-16-6-2-4-8-18(16)22/h2-11H,12-15H2,1H3,(H,23,26). The molecule has 1 N–H and O–H groups in total. The van der Waals surface area contributed by atoms with Crippen LogP contribution in [0.25, 0.3) is 6.08 Å². The van der Waals surface area contributed by atoms with E-state index in [1.807, 2.05) is 30.1 Å². The molecular formula is C21H22ClN3O2. The van der Waals surface area contributed by atoms with Crippen molar-refractivity contribution in [3.8, 4) is 0 Å². The molecule has 27 heavy (non-hydrogen) atoms. The van der Waals surface area contributed by atoms with E-state index in [1.54, 1.807) is 36.4 Å². The van der Waals surface area contributed by atoms with Gasteiger partial charge >= 0.3 is 0 Å². The molecule has 1 fully saturated rings. The van der Waals surface area contributed by atoms with Gasteiger partial charge in [0, 0.05) is 37.3 Å². The first-order valence-electron chi connectivity index (χ1n) is 8.85. The molecule has 2 aromatic carbocycles. The number of nitrogens with zero attached hydrogens (tertiary/aromatic N) is 2. The molecule has 5 nitrogen and oxygen atoms in total. The van der Waals surface area contributed by atoms with Gasteiger partial charge < -0.3 is 15.1 Å². The molecule has 0 aromatic heterocycles. The Hall–Kier alpha value is -2.63. The third-order valence-corrected chi connectivity index (χ3v) is 4.87. The maximum atomic E-state index is 12.9. The molecule has 0 spiro atoms. The van der Waals surface area contributed by atoms with Crippen LogP contribution in [0.3, 0.4) is 0 Å². The molecule has 1 heterocycles. The molecule has 0 unspecified atom stereocenters. The SMILES string of the molecule is CN1CCN(C(=O)c2ccccc2NC(=O)C=Cc2ccccc2Cl)CC1. The first-order valence-corrected chi connectivity index (χ1v) is 9.23. The van der Waals surface area contributed by atoms with Gasteiger partial charge in [0.15, 0.2) is 0 Å². The van der Waals surface area contributed by atoms with Crippen molar-refractivity contribution in [3.63, 3.8) is 0 Å². The molecule has 6 heteroatoms. The van der Waals surface area contributed by atoms with Gasteiger partial charge in [0.25, 0.3) is 5.91 Å². The fraction of sp³-hybridized carbons (Fsp3) is 0.238. The molecule has 1 aliphatic heterocycles. The second-order valence-electron chi connectivity index (χ2n) is 6.49. The number of para-hydroxylation sites is 1. The number of amides is 2. The number of hydrogen-bond donors (Lipinski definition) is 1. The molecule has 3 rings (SSSR count). The molecule has 1 saturated heterocycles. The Balaban J connectivity index is 1.71. The summed E-state index contributed by atoms with van der Waals surface area (Å²) in [5, 5.41) is 3.38. The van der Waals surface area contributed by atoms with Crippen molar-refractivity contribution in [1.29, 1.82) is 0 Å². The first kappa shape index (κ1) is 19.1. The second kappa shape index (κ2) is 8.84. The summed E-state index contributed by atoms with van der Waals surface area (Å²) >= 11 is 6.09. The zero-order chi connectivity index (χ0) is 19.2. The molecule has 0 aliphatic carbocycles. The summed E-state index contributed by atoms with van der Waals surface area (Å²) in [6.07, 6.45) is 3.07. The molecule has 140 valence electrons. The van der Waals surface area contributed by atoms with Crippen LogP contribution in [0.4, 0.5) is 5.69 Å². The predicted molar refractivity (Wildman–Crippen MR) is 109 cm³/mol. The van der Waals surface area contributed by atoms with Crippen LogP contribution in [0.2, 0.25) is 5.02 Å². The topological polar surface area (TPSA) is 52.6 Å². The minimum Gasteiger partial charge on any atom is -0.336 e.